The highest BCUT2D eigenvalue weighted by Gasteiger charge is 2.39. The Morgan fingerprint density at radius 1 is 1.30 bits per heavy atom. The van der Waals surface area contributed by atoms with Gasteiger partial charge in [0.15, 0.2) is 0 Å². The highest BCUT2D eigenvalue weighted by Crippen LogP contribution is 2.25. The van der Waals surface area contributed by atoms with E-state index in [1.54, 1.807) is 20.9 Å². The molecule has 0 fully saturated rings. The monoisotopic (exact) mass is 276 g/mol. The predicted molar refractivity (Wildman–Crippen MR) is 75.3 cm³/mol. The largest absolute Gasteiger partial charge is 0.480 e. The van der Waals surface area contributed by atoms with Crippen molar-refractivity contribution < 1.29 is 14.7 Å². The lowest BCUT2D eigenvalue weighted by molar-refractivity contribution is -0.154. The molecule has 0 unspecified atom stereocenters. The predicted octanol–water partition coefficient (Wildman–Crippen LogP) is 1.02. The number of aliphatic carboxylic acids is 1. The van der Waals surface area contributed by atoms with Gasteiger partial charge < -0.3 is 15.3 Å². The van der Waals surface area contributed by atoms with Crippen molar-refractivity contribution in [2.24, 2.45) is 0 Å². The number of hydrogen-bond acceptors (Lipinski definition) is 3. The van der Waals surface area contributed by atoms with E-state index in [1.165, 1.54) is 4.90 Å². The molecule has 108 valence electrons. The number of nitrogens with zero attached hydrogens (tertiary/aromatic N) is 1. The number of benzene rings is 1. The Labute approximate surface area is 118 Å². The molecule has 0 spiro atoms. The summed E-state index contributed by atoms with van der Waals surface area (Å²) < 4.78 is 0. The fourth-order valence-corrected chi connectivity index (χ4v) is 2.42. The normalized spacial score (nSPS) is 18.6. The van der Waals surface area contributed by atoms with E-state index < -0.39 is 17.6 Å². The van der Waals surface area contributed by atoms with E-state index in [1.807, 2.05) is 24.3 Å². The molecule has 1 heterocycles. The van der Waals surface area contributed by atoms with Crippen LogP contribution in [0.4, 0.5) is 0 Å². The molecule has 0 aliphatic carbocycles. The molecule has 20 heavy (non-hydrogen) atoms. The third-order valence-electron chi connectivity index (χ3n) is 3.95. The Hall–Kier alpha value is -1.88. The van der Waals surface area contributed by atoms with Crippen LogP contribution >= 0.6 is 0 Å². The Morgan fingerprint density at radius 3 is 2.45 bits per heavy atom. The Morgan fingerprint density at radius 2 is 1.90 bits per heavy atom. The first-order chi connectivity index (χ1) is 9.36. The minimum atomic E-state index is -0.959. The van der Waals surface area contributed by atoms with Gasteiger partial charge in [0.2, 0.25) is 5.91 Å². The van der Waals surface area contributed by atoms with Crippen molar-refractivity contribution in [3.63, 3.8) is 0 Å². The number of likely N-dealkylation sites (N-methyl/N-ethyl adjacent to an activating group) is 1. The van der Waals surface area contributed by atoms with Crippen LogP contribution in [0.2, 0.25) is 0 Å². The van der Waals surface area contributed by atoms with Gasteiger partial charge in [-0.1, -0.05) is 24.3 Å². The van der Waals surface area contributed by atoms with Gasteiger partial charge in [-0.2, -0.15) is 0 Å². The van der Waals surface area contributed by atoms with Crippen LogP contribution in [0.3, 0.4) is 0 Å². The number of carbonyl (C=O) groups is 2. The van der Waals surface area contributed by atoms with Crippen molar-refractivity contribution in [2.45, 2.75) is 38.4 Å². The number of carboxylic acid groups (broad SMARTS) is 1. The zero-order chi connectivity index (χ0) is 14.9. The second-order valence-electron chi connectivity index (χ2n) is 5.63. The second kappa shape index (κ2) is 5.25. The van der Waals surface area contributed by atoms with Gasteiger partial charge in [-0.15, -0.1) is 0 Å². The van der Waals surface area contributed by atoms with Crippen LogP contribution in [0.15, 0.2) is 24.3 Å². The van der Waals surface area contributed by atoms with Crippen molar-refractivity contribution in [1.29, 1.82) is 0 Å². The van der Waals surface area contributed by atoms with Gasteiger partial charge in [0, 0.05) is 13.0 Å². The van der Waals surface area contributed by atoms with Gasteiger partial charge in [-0.05, 0) is 32.0 Å². The smallest absolute Gasteiger partial charge is 0.326 e. The maximum absolute atomic E-state index is 12.6. The average molecular weight is 276 g/mol. The topological polar surface area (TPSA) is 69.6 Å². The van der Waals surface area contributed by atoms with Crippen LogP contribution in [-0.4, -0.2) is 40.5 Å². The summed E-state index contributed by atoms with van der Waals surface area (Å²) in [4.78, 5) is 25.5. The van der Waals surface area contributed by atoms with Crippen LogP contribution in [0, 0.1) is 0 Å². The minimum absolute atomic E-state index is 0.193. The lowest BCUT2D eigenvalue weighted by Gasteiger charge is -2.39. The maximum Gasteiger partial charge on any atom is 0.326 e. The van der Waals surface area contributed by atoms with Gasteiger partial charge in [0.25, 0.3) is 0 Å². The molecule has 1 aromatic carbocycles. The van der Waals surface area contributed by atoms with Crippen molar-refractivity contribution in [2.75, 3.05) is 7.05 Å². The first-order valence-corrected chi connectivity index (χ1v) is 6.66. The van der Waals surface area contributed by atoms with Gasteiger partial charge in [-0.3, -0.25) is 4.79 Å². The third-order valence-corrected chi connectivity index (χ3v) is 3.95. The quantitative estimate of drug-likeness (QED) is 0.865. The molecule has 0 bridgehead atoms. The number of rotatable bonds is 3. The number of hydrogen-bond donors (Lipinski definition) is 2. The fourth-order valence-electron chi connectivity index (χ4n) is 2.42. The molecule has 1 aromatic rings. The van der Waals surface area contributed by atoms with Crippen molar-refractivity contribution >= 4 is 11.9 Å². The molecule has 1 aliphatic heterocycles. The summed E-state index contributed by atoms with van der Waals surface area (Å²) in [6.45, 7) is 3.86. The molecular formula is C15H20N2O3. The number of fused-ring (bicyclic) bond motifs is 1. The molecule has 0 saturated heterocycles. The molecule has 0 saturated carbocycles. The summed E-state index contributed by atoms with van der Waals surface area (Å²) in [5.74, 6) is -1.15. The van der Waals surface area contributed by atoms with Gasteiger partial charge in [0.1, 0.15) is 6.04 Å². The summed E-state index contributed by atoms with van der Waals surface area (Å²) in [6.07, 6.45) is 0.358. The Bertz CT molecular complexity index is 540. The first-order valence-electron chi connectivity index (χ1n) is 6.66. The average Bonchev–Trinajstić information content (AvgIpc) is 2.44. The van der Waals surface area contributed by atoms with Gasteiger partial charge in [-0.25, -0.2) is 4.79 Å². The standard InChI is InChI=1S/C15H20N2O3/c1-15(2,16-3)14(20)17-9-11-7-5-4-6-10(11)8-12(17)13(18)19/h4-7,12,16H,8-9H2,1-3H3,(H,18,19)/t12-/m0/s1. The van der Waals surface area contributed by atoms with Crippen LogP contribution in [0.1, 0.15) is 25.0 Å². The van der Waals surface area contributed by atoms with E-state index in [0.29, 0.717) is 13.0 Å². The summed E-state index contributed by atoms with van der Waals surface area (Å²) in [6, 6.07) is 6.87. The highest BCUT2D eigenvalue weighted by molar-refractivity contribution is 5.90. The van der Waals surface area contributed by atoms with E-state index in [9.17, 15) is 14.7 Å². The molecule has 5 heteroatoms. The molecule has 1 atom stereocenters. The number of carboxylic acids is 1. The molecule has 0 aromatic heterocycles. The zero-order valence-electron chi connectivity index (χ0n) is 12.0. The van der Waals surface area contributed by atoms with Crippen molar-refractivity contribution in [3.05, 3.63) is 35.4 Å². The third kappa shape index (κ3) is 2.54. The molecule has 0 radical (unpaired) electrons. The molecule has 2 N–H and O–H groups in total. The van der Waals surface area contributed by atoms with Crippen LogP contribution in [0.5, 0.6) is 0 Å². The number of amides is 1. The van der Waals surface area contributed by atoms with E-state index in [2.05, 4.69) is 5.32 Å². The molecule has 1 amide bonds. The summed E-state index contributed by atoms with van der Waals surface area (Å²) >= 11 is 0. The van der Waals surface area contributed by atoms with Crippen molar-refractivity contribution in [3.8, 4) is 0 Å². The second-order valence-corrected chi connectivity index (χ2v) is 5.63. The highest BCUT2D eigenvalue weighted by atomic mass is 16.4. The van der Waals surface area contributed by atoms with Crippen LogP contribution < -0.4 is 5.32 Å². The molecule has 2 rings (SSSR count). The van der Waals surface area contributed by atoms with Gasteiger partial charge >= 0.3 is 5.97 Å². The number of carbonyl (C=O) groups excluding carboxylic acids is 1. The SMILES string of the molecule is CNC(C)(C)C(=O)N1Cc2ccccc2C[C@H]1C(=O)O. The van der Waals surface area contributed by atoms with E-state index >= 15 is 0 Å². The van der Waals surface area contributed by atoms with Crippen LogP contribution in [-0.2, 0) is 22.6 Å². The Kier molecular flexibility index (Phi) is 3.81. The summed E-state index contributed by atoms with van der Waals surface area (Å²) in [5, 5.41) is 12.3. The summed E-state index contributed by atoms with van der Waals surface area (Å²) in [5.41, 5.74) is 1.25. The van der Waals surface area contributed by atoms with E-state index in [4.69, 9.17) is 0 Å². The molecular weight excluding hydrogens is 256 g/mol. The Balaban J connectivity index is 2.36. The lowest BCUT2D eigenvalue weighted by atomic mass is 9.91. The van der Waals surface area contributed by atoms with E-state index in [0.717, 1.165) is 11.1 Å². The summed E-state index contributed by atoms with van der Waals surface area (Å²) in [7, 11) is 1.70. The molecule has 1 aliphatic rings. The number of nitrogens with one attached hydrogen (secondary N) is 1. The minimum Gasteiger partial charge on any atom is -0.480 e. The van der Waals surface area contributed by atoms with Crippen molar-refractivity contribution in [1.82, 2.24) is 10.2 Å². The first kappa shape index (κ1) is 14.5. The van der Waals surface area contributed by atoms with Gasteiger partial charge in [0.05, 0.1) is 5.54 Å². The molecule has 5 nitrogen and oxygen atoms in total. The fraction of sp³-hybridized carbons (Fsp3) is 0.467. The maximum atomic E-state index is 12.6. The van der Waals surface area contributed by atoms with E-state index in [-0.39, 0.29) is 5.91 Å². The zero-order valence-corrected chi connectivity index (χ0v) is 12.0. The lowest BCUT2D eigenvalue weighted by Crippen LogP contribution is -2.58. The van der Waals surface area contributed by atoms with Crippen LogP contribution in [0.25, 0.3) is 0 Å².